The zero-order chi connectivity index (χ0) is 19.7. The number of pyridine rings is 1. The van der Waals surface area contributed by atoms with E-state index in [2.05, 4.69) is 15.6 Å². The second kappa shape index (κ2) is 7.67. The first kappa shape index (κ1) is 18.6. The zero-order valence-electron chi connectivity index (χ0n) is 15.5. The maximum atomic E-state index is 13.9. The van der Waals surface area contributed by atoms with E-state index in [1.807, 2.05) is 30.3 Å². The minimum Gasteiger partial charge on any atom is -0.381 e. The summed E-state index contributed by atoms with van der Waals surface area (Å²) in [6.07, 6.45) is 0. The van der Waals surface area contributed by atoms with Gasteiger partial charge in [0.05, 0.1) is 24.8 Å². The Morgan fingerprint density at radius 2 is 1.89 bits per heavy atom. The van der Waals surface area contributed by atoms with Crippen molar-refractivity contribution in [2.45, 2.75) is 12.0 Å². The average molecular weight is 383 g/mol. The summed E-state index contributed by atoms with van der Waals surface area (Å²) in [5, 5.41) is 5.52. The lowest BCUT2D eigenvalue weighted by atomic mass is 9.95. The van der Waals surface area contributed by atoms with Crippen molar-refractivity contribution < 1.29 is 18.7 Å². The molecule has 2 aromatic rings. The molecule has 2 N–H and O–H groups in total. The fourth-order valence-corrected chi connectivity index (χ4v) is 3.82. The molecule has 0 radical (unpaired) electrons. The molecule has 1 aromatic heterocycles. The number of hydrogen-bond acceptors (Lipinski definition) is 4. The predicted octanol–water partition coefficient (Wildman–Crippen LogP) is 1.92. The van der Waals surface area contributed by atoms with Crippen LogP contribution >= 0.6 is 0 Å². The fraction of sp³-hybridized carbons (Fsp3) is 0.381. The van der Waals surface area contributed by atoms with E-state index in [9.17, 15) is 14.0 Å². The summed E-state index contributed by atoms with van der Waals surface area (Å²) in [5.74, 6) is -0.610. The van der Waals surface area contributed by atoms with Crippen molar-refractivity contribution in [3.8, 4) is 0 Å². The lowest BCUT2D eigenvalue weighted by Gasteiger charge is -2.16. The van der Waals surface area contributed by atoms with Crippen molar-refractivity contribution in [1.82, 2.24) is 15.6 Å². The summed E-state index contributed by atoms with van der Waals surface area (Å²) in [4.78, 5) is 29.3. The second-order valence-corrected chi connectivity index (χ2v) is 7.23. The Morgan fingerprint density at radius 3 is 2.54 bits per heavy atom. The number of rotatable bonds is 6. The fourth-order valence-electron chi connectivity index (χ4n) is 3.82. The number of amides is 2. The van der Waals surface area contributed by atoms with Gasteiger partial charge < -0.3 is 15.4 Å². The van der Waals surface area contributed by atoms with Crippen molar-refractivity contribution in [2.24, 2.45) is 11.8 Å². The molecule has 2 amide bonds. The maximum Gasteiger partial charge on any atom is 0.269 e. The van der Waals surface area contributed by atoms with E-state index >= 15 is 0 Å². The molecule has 0 spiro atoms. The highest BCUT2D eigenvalue weighted by atomic mass is 19.1. The average Bonchev–Trinajstić information content (AvgIpc) is 3.14. The van der Waals surface area contributed by atoms with Crippen LogP contribution in [-0.4, -0.2) is 49.8 Å². The second-order valence-electron chi connectivity index (χ2n) is 7.23. The van der Waals surface area contributed by atoms with E-state index < -0.39 is 18.5 Å². The predicted molar refractivity (Wildman–Crippen MR) is 101 cm³/mol. The standard InChI is InChI=1S/C21H22FN3O3/c1-23-21(27)18-8-13(20(26)25-19-15-10-28-11-16(15)19)7-17(24-18)14(9-22)12-5-3-2-4-6-12/h2-8,14-16,19H,9-11H2,1H3,(H,23,27)(H,25,26)/t14-,15-,16+,19+/m1/s1. The van der Waals surface area contributed by atoms with Crippen molar-refractivity contribution in [2.75, 3.05) is 26.9 Å². The van der Waals surface area contributed by atoms with E-state index in [4.69, 9.17) is 4.74 Å². The van der Waals surface area contributed by atoms with Gasteiger partial charge in [0.15, 0.2) is 0 Å². The number of carbonyl (C=O) groups is 2. The molecule has 146 valence electrons. The van der Waals surface area contributed by atoms with Crippen LogP contribution in [0, 0.1) is 11.8 Å². The normalized spacial score (nSPS) is 23.6. The maximum absolute atomic E-state index is 13.9. The van der Waals surface area contributed by atoms with Crippen LogP contribution in [0.2, 0.25) is 0 Å². The molecule has 1 aliphatic heterocycles. The van der Waals surface area contributed by atoms with Gasteiger partial charge in [0.1, 0.15) is 12.4 Å². The van der Waals surface area contributed by atoms with E-state index in [-0.39, 0.29) is 17.6 Å². The minimum absolute atomic E-state index is 0.0962. The van der Waals surface area contributed by atoms with Gasteiger partial charge in [-0.15, -0.1) is 0 Å². The molecule has 0 unspecified atom stereocenters. The van der Waals surface area contributed by atoms with E-state index in [1.165, 1.54) is 13.1 Å². The molecule has 4 rings (SSSR count). The number of ether oxygens (including phenoxy) is 1. The van der Waals surface area contributed by atoms with Gasteiger partial charge in [-0.1, -0.05) is 30.3 Å². The van der Waals surface area contributed by atoms with Crippen LogP contribution in [0.4, 0.5) is 4.39 Å². The monoisotopic (exact) mass is 383 g/mol. The third kappa shape index (κ3) is 3.49. The Hall–Kier alpha value is -2.80. The Kier molecular flexibility index (Phi) is 5.09. The lowest BCUT2D eigenvalue weighted by Crippen LogP contribution is -2.31. The third-order valence-electron chi connectivity index (χ3n) is 5.53. The molecule has 4 atom stereocenters. The Bertz CT molecular complexity index is 880. The number of hydrogen-bond donors (Lipinski definition) is 2. The molecule has 0 bridgehead atoms. The minimum atomic E-state index is -0.681. The van der Waals surface area contributed by atoms with Crippen molar-refractivity contribution in [3.63, 3.8) is 0 Å². The molecule has 1 aromatic carbocycles. The third-order valence-corrected chi connectivity index (χ3v) is 5.53. The molecular weight excluding hydrogens is 361 g/mol. The summed E-state index contributed by atoms with van der Waals surface area (Å²) in [7, 11) is 1.49. The summed E-state index contributed by atoms with van der Waals surface area (Å²) in [5.41, 5.74) is 1.51. The van der Waals surface area contributed by atoms with Gasteiger partial charge in [-0.05, 0) is 17.7 Å². The highest BCUT2D eigenvalue weighted by molar-refractivity contribution is 5.99. The van der Waals surface area contributed by atoms with Crippen LogP contribution in [0.15, 0.2) is 42.5 Å². The molecule has 1 saturated heterocycles. The smallest absolute Gasteiger partial charge is 0.269 e. The van der Waals surface area contributed by atoms with Gasteiger partial charge in [-0.25, -0.2) is 4.98 Å². The summed E-state index contributed by atoms with van der Waals surface area (Å²) in [6, 6.07) is 12.2. The molecule has 7 heteroatoms. The first-order valence-electron chi connectivity index (χ1n) is 9.36. The van der Waals surface area contributed by atoms with Crippen LogP contribution in [0.5, 0.6) is 0 Å². The Labute approximate surface area is 162 Å². The summed E-state index contributed by atoms with van der Waals surface area (Å²) in [6.45, 7) is 0.649. The van der Waals surface area contributed by atoms with Crippen LogP contribution in [-0.2, 0) is 4.74 Å². The first-order valence-corrected chi connectivity index (χ1v) is 9.36. The number of carbonyl (C=O) groups excluding carboxylic acids is 2. The van der Waals surface area contributed by atoms with Crippen LogP contribution in [0.3, 0.4) is 0 Å². The topological polar surface area (TPSA) is 80.3 Å². The van der Waals surface area contributed by atoms with Gasteiger partial charge >= 0.3 is 0 Å². The number of nitrogens with zero attached hydrogens (tertiary/aromatic N) is 1. The van der Waals surface area contributed by atoms with Gasteiger partial charge in [-0.2, -0.15) is 0 Å². The molecule has 28 heavy (non-hydrogen) atoms. The van der Waals surface area contributed by atoms with Crippen LogP contribution in [0.1, 0.15) is 38.0 Å². The molecule has 1 saturated carbocycles. The quantitative estimate of drug-likeness (QED) is 0.799. The molecule has 2 heterocycles. The number of alkyl halides is 1. The Balaban J connectivity index is 1.65. The van der Waals surface area contributed by atoms with E-state index in [1.54, 1.807) is 6.07 Å². The van der Waals surface area contributed by atoms with Crippen LogP contribution < -0.4 is 10.6 Å². The molecule has 2 aliphatic rings. The van der Waals surface area contributed by atoms with Crippen molar-refractivity contribution >= 4 is 11.8 Å². The van der Waals surface area contributed by atoms with Gasteiger partial charge in [0.25, 0.3) is 11.8 Å². The van der Waals surface area contributed by atoms with E-state index in [0.717, 1.165) is 5.56 Å². The highest BCUT2D eigenvalue weighted by Gasteiger charge is 2.54. The van der Waals surface area contributed by atoms with Gasteiger partial charge in [-0.3, -0.25) is 14.0 Å². The summed E-state index contributed by atoms with van der Waals surface area (Å²) < 4.78 is 19.2. The molecule has 2 fully saturated rings. The largest absolute Gasteiger partial charge is 0.381 e. The summed E-state index contributed by atoms with van der Waals surface area (Å²) >= 11 is 0. The SMILES string of the molecule is CNC(=O)c1cc(C(=O)N[C@H]2[C@@H]3COC[C@@H]32)cc([C@H](CF)c2ccccc2)n1. The number of fused-ring (bicyclic) bond motifs is 1. The number of aromatic nitrogens is 1. The number of nitrogens with one attached hydrogen (secondary N) is 2. The lowest BCUT2D eigenvalue weighted by molar-refractivity contribution is 0.0928. The van der Waals surface area contributed by atoms with Gasteiger partial charge in [0, 0.05) is 30.5 Å². The van der Waals surface area contributed by atoms with E-state index in [0.29, 0.717) is 36.3 Å². The molecule has 6 nitrogen and oxygen atoms in total. The zero-order valence-corrected chi connectivity index (χ0v) is 15.5. The molecule has 1 aliphatic carbocycles. The first-order chi connectivity index (χ1) is 13.6. The highest BCUT2D eigenvalue weighted by Crippen LogP contribution is 2.44. The van der Waals surface area contributed by atoms with Gasteiger partial charge in [0.2, 0.25) is 0 Å². The van der Waals surface area contributed by atoms with Crippen LogP contribution in [0.25, 0.3) is 0 Å². The molecular formula is C21H22FN3O3. The van der Waals surface area contributed by atoms with Crippen molar-refractivity contribution in [1.29, 1.82) is 0 Å². The number of benzene rings is 1. The Morgan fingerprint density at radius 1 is 1.18 bits per heavy atom. The number of halogens is 1. The van der Waals surface area contributed by atoms with Crippen molar-refractivity contribution in [3.05, 3.63) is 65.0 Å².